The van der Waals surface area contributed by atoms with E-state index in [-0.39, 0.29) is 0 Å². The molecule has 0 radical (unpaired) electrons. The van der Waals surface area contributed by atoms with Gasteiger partial charge in [-0.1, -0.05) is 59.6 Å². The average Bonchev–Trinajstić information content (AvgIpc) is 2.38. The van der Waals surface area contributed by atoms with Crippen LogP contribution < -0.4 is 0 Å². The van der Waals surface area contributed by atoms with Crippen molar-refractivity contribution in [2.45, 2.75) is 12.3 Å². The maximum absolute atomic E-state index is 11.5. The molecule has 0 aliphatic rings. The Labute approximate surface area is 121 Å². The molecular weight excluding hydrogens is 283 g/mol. The number of aliphatic carboxylic acids is 1. The number of carboxylic acids is 1. The molecule has 0 aliphatic heterocycles. The van der Waals surface area contributed by atoms with Crippen molar-refractivity contribution in [1.82, 2.24) is 0 Å². The molecule has 19 heavy (non-hydrogen) atoms. The molecule has 1 N–H and O–H groups in total. The first kappa shape index (κ1) is 13.9. The molecule has 0 bridgehead atoms. The molecular formula is C15H12Cl2O2. The lowest BCUT2D eigenvalue weighted by Gasteiger charge is -2.16. The third-order valence-electron chi connectivity index (χ3n) is 2.93. The first-order chi connectivity index (χ1) is 9.09. The molecule has 2 aromatic carbocycles. The standard InChI is InChI=1S/C15H12Cl2O2/c16-12-7-4-8-13(17)14(12)11(15(18)19)9-10-5-2-1-3-6-10/h1-8,11H,9H2,(H,18,19). The van der Waals surface area contributed by atoms with E-state index >= 15 is 0 Å². The maximum atomic E-state index is 11.5. The smallest absolute Gasteiger partial charge is 0.311 e. The second-order valence-corrected chi connectivity index (χ2v) is 5.03. The zero-order valence-corrected chi connectivity index (χ0v) is 11.5. The van der Waals surface area contributed by atoms with Gasteiger partial charge in [0.1, 0.15) is 0 Å². The van der Waals surface area contributed by atoms with Crippen molar-refractivity contribution < 1.29 is 9.90 Å². The fourth-order valence-electron chi connectivity index (χ4n) is 2.01. The van der Waals surface area contributed by atoms with Gasteiger partial charge in [0, 0.05) is 15.6 Å². The van der Waals surface area contributed by atoms with E-state index in [1.807, 2.05) is 30.3 Å². The molecule has 0 saturated carbocycles. The Morgan fingerprint density at radius 2 is 1.58 bits per heavy atom. The van der Waals surface area contributed by atoms with Gasteiger partial charge in [-0.05, 0) is 24.1 Å². The Bertz CT molecular complexity index is 562. The van der Waals surface area contributed by atoms with E-state index in [2.05, 4.69) is 0 Å². The average molecular weight is 295 g/mol. The van der Waals surface area contributed by atoms with Crippen LogP contribution in [0.3, 0.4) is 0 Å². The fraction of sp³-hybridized carbons (Fsp3) is 0.133. The minimum Gasteiger partial charge on any atom is -0.481 e. The summed E-state index contributed by atoms with van der Waals surface area (Å²) in [6, 6.07) is 14.4. The lowest BCUT2D eigenvalue weighted by Crippen LogP contribution is -2.15. The Morgan fingerprint density at radius 1 is 1.00 bits per heavy atom. The minimum absolute atomic E-state index is 0.361. The van der Waals surface area contributed by atoms with Gasteiger partial charge in [-0.15, -0.1) is 0 Å². The molecule has 0 aromatic heterocycles. The van der Waals surface area contributed by atoms with Crippen LogP contribution in [0.1, 0.15) is 17.0 Å². The summed E-state index contributed by atoms with van der Waals surface area (Å²) in [6.45, 7) is 0. The monoisotopic (exact) mass is 294 g/mol. The summed E-state index contributed by atoms with van der Waals surface area (Å²) in [6.07, 6.45) is 0.361. The largest absolute Gasteiger partial charge is 0.481 e. The summed E-state index contributed by atoms with van der Waals surface area (Å²) in [5, 5.41) is 10.2. The van der Waals surface area contributed by atoms with Crippen molar-refractivity contribution in [2.75, 3.05) is 0 Å². The van der Waals surface area contributed by atoms with Gasteiger partial charge in [-0.2, -0.15) is 0 Å². The van der Waals surface area contributed by atoms with E-state index in [9.17, 15) is 9.90 Å². The summed E-state index contributed by atoms with van der Waals surface area (Å²) in [5.41, 5.74) is 1.41. The van der Waals surface area contributed by atoms with E-state index in [1.165, 1.54) is 0 Å². The Kier molecular flexibility index (Phi) is 4.46. The molecule has 0 aliphatic carbocycles. The Morgan fingerprint density at radius 3 is 2.11 bits per heavy atom. The van der Waals surface area contributed by atoms with Gasteiger partial charge in [0.05, 0.1) is 5.92 Å². The van der Waals surface area contributed by atoms with E-state index in [0.717, 1.165) is 5.56 Å². The number of halogens is 2. The van der Waals surface area contributed by atoms with Crippen LogP contribution in [0.15, 0.2) is 48.5 Å². The lowest BCUT2D eigenvalue weighted by atomic mass is 9.92. The van der Waals surface area contributed by atoms with Crippen LogP contribution >= 0.6 is 23.2 Å². The molecule has 0 fully saturated rings. The van der Waals surface area contributed by atoms with E-state index in [0.29, 0.717) is 22.0 Å². The summed E-state index contributed by atoms with van der Waals surface area (Å²) >= 11 is 12.2. The van der Waals surface area contributed by atoms with Crippen molar-refractivity contribution in [1.29, 1.82) is 0 Å². The molecule has 1 unspecified atom stereocenters. The molecule has 0 saturated heterocycles. The molecule has 1 atom stereocenters. The molecule has 4 heteroatoms. The summed E-state index contributed by atoms with van der Waals surface area (Å²) in [7, 11) is 0. The molecule has 0 amide bonds. The number of hydrogen-bond acceptors (Lipinski definition) is 1. The molecule has 0 heterocycles. The molecule has 2 rings (SSSR count). The molecule has 0 spiro atoms. The van der Waals surface area contributed by atoms with Gasteiger partial charge < -0.3 is 5.11 Å². The van der Waals surface area contributed by atoms with Crippen molar-refractivity contribution in [3.05, 3.63) is 69.7 Å². The van der Waals surface area contributed by atoms with Crippen molar-refractivity contribution >= 4 is 29.2 Å². The summed E-state index contributed by atoms with van der Waals surface area (Å²) in [4.78, 5) is 11.5. The first-order valence-electron chi connectivity index (χ1n) is 5.80. The van der Waals surface area contributed by atoms with Crippen molar-refractivity contribution in [3.8, 4) is 0 Å². The second kappa shape index (κ2) is 6.09. The van der Waals surface area contributed by atoms with Crippen molar-refractivity contribution in [3.63, 3.8) is 0 Å². The number of hydrogen-bond donors (Lipinski definition) is 1. The van der Waals surface area contributed by atoms with Gasteiger partial charge in [-0.25, -0.2) is 0 Å². The fourth-order valence-corrected chi connectivity index (χ4v) is 2.67. The second-order valence-electron chi connectivity index (χ2n) is 4.22. The van der Waals surface area contributed by atoms with E-state index < -0.39 is 11.9 Å². The van der Waals surface area contributed by atoms with Crippen LogP contribution in [0, 0.1) is 0 Å². The highest BCUT2D eigenvalue weighted by molar-refractivity contribution is 6.36. The predicted octanol–water partition coefficient (Wildman–Crippen LogP) is 4.40. The van der Waals surface area contributed by atoms with Gasteiger partial charge in [0.25, 0.3) is 0 Å². The van der Waals surface area contributed by atoms with Gasteiger partial charge in [0.15, 0.2) is 0 Å². The Hall–Kier alpha value is -1.51. The molecule has 2 nitrogen and oxygen atoms in total. The van der Waals surface area contributed by atoms with Crippen molar-refractivity contribution in [2.24, 2.45) is 0 Å². The third-order valence-corrected chi connectivity index (χ3v) is 3.59. The van der Waals surface area contributed by atoms with Crippen LogP contribution in [-0.4, -0.2) is 11.1 Å². The van der Waals surface area contributed by atoms with Crippen LogP contribution in [0.25, 0.3) is 0 Å². The minimum atomic E-state index is -0.932. The van der Waals surface area contributed by atoms with Crippen LogP contribution in [0.5, 0.6) is 0 Å². The molecule has 98 valence electrons. The number of carbonyl (C=O) groups is 1. The van der Waals surface area contributed by atoms with Gasteiger partial charge in [0.2, 0.25) is 0 Å². The number of benzene rings is 2. The number of rotatable bonds is 4. The van der Waals surface area contributed by atoms with Crippen LogP contribution in [0.4, 0.5) is 0 Å². The van der Waals surface area contributed by atoms with E-state index in [1.54, 1.807) is 18.2 Å². The normalized spacial score (nSPS) is 12.1. The van der Waals surface area contributed by atoms with Crippen LogP contribution in [-0.2, 0) is 11.2 Å². The molecule has 2 aromatic rings. The first-order valence-corrected chi connectivity index (χ1v) is 6.56. The predicted molar refractivity (Wildman–Crippen MR) is 77.0 cm³/mol. The van der Waals surface area contributed by atoms with E-state index in [4.69, 9.17) is 23.2 Å². The SMILES string of the molecule is O=C(O)C(Cc1ccccc1)c1c(Cl)cccc1Cl. The highest BCUT2D eigenvalue weighted by Gasteiger charge is 2.25. The highest BCUT2D eigenvalue weighted by Crippen LogP contribution is 2.33. The third kappa shape index (κ3) is 3.28. The highest BCUT2D eigenvalue weighted by atomic mass is 35.5. The van der Waals surface area contributed by atoms with Crippen LogP contribution in [0.2, 0.25) is 10.0 Å². The topological polar surface area (TPSA) is 37.3 Å². The number of carboxylic acid groups (broad SMARTS) is 1. The Balaban J connectivity index is 2.39. The van der Waals surface area contributed by atoms with Gasteiger partial charge >= 0.3 is 5.97 Å². The zero-order chi connectivity index (χ0) is 13.8. The quantitative estimate of drug-likeness (QED) is 0.907. The zero-order valence-electron chi connectivity index (χ0n) is 10.0. The maximum Gasteiger partial charge on any atom is 0.311 e. The summed E-state index contributed by atoms with van der Waals surface area (Å²) < 4.78 is 0. The lowest BCUT2D eigenvalue weighted by molar-refractivity contribution is -0.138. The summed E-state index contributed by atoms with van der Waals surface area (Å²) in [5.74, 6) is -1.68. The van der Waals surface area contributed by atoms with Gasteiger partial charge in [-0.3, -0.25) is 4.79 Å².